The van der Waals surface area contributed by atoms with Gasteiger partial charge in [0.05, 0.1) is 11.1 Å². The molecule has 0 unspecified atom stereocenters. The Hall–Kier alpha value is -2.35. The Bertz CT molecular complexity index is 627. The predicted octanol–water partition coefficient (Wildman–Crippen LogP) is 2.41. The predicted molar refractivity (Wildman–Crippen MR) is 75.6 cm³/mol. The molecule has 2 amide bonds. The number of amides is 2. The van der Waals surface area contributed by atoms with Crippen LogP contribution in [0.25, 0.3) is 0 Å². The molecule has 1 heterocycles. The van der Waals surface area contributed by atoms with Gasteiger partial charge in [0.15, 0.2) is 6.61 Å². The normalized spacial score (nSPS) is 20.0. The molecule has 5 heteroatoms. The summed E-state index contributed by atoms with van der Waals surface area (Å²) in [7, 11) is 0. The molecule has 0 atom stereocenters. The van der Waals surface area contributed by atoms with Crippen molar-refractivity contribution in [1.82, 2.24) is 0 Å². The Kier molecular flexibility index (Phi) is 3.38. The van der Waals surface area contributed by atoms with Crippen LogP contribution in [0.4, 0.5) is 5.69 Å². The lowest BCUT2D eigenvalue weighted by Crippen LogP contribution is -2.34. The maximum Gasteiger partial charge on any atom is 0.240 e. The highest BCUT2D eigenvalue weighted by Crippen LogP contribution is 2.48. The number of carbonyl (C=O) groups is 2. The van der Waals surface area contributed by atoms with Crippen LogP contribution >= 0.6 is 0 Å². The summed E-state index contributed by atoms with van der Waals surface area (Å²) in [6.45, 7) is -0.0602. The van der Waals surface area contributed by atoms with Crippen molar-refractivity contribution in [2.45, 2.75) is 32.1 Å². The number of hydrogen-bond donors (Lipinski definition) is 0. The lowest BCUT2D eigenvalue weighted by Gasteiger charge is -2.21. The maximum atomic E-state index is 12.7. The number of nitrogens with zero attached hydrogens (tertiary/aromatic N) is 2. The fraction of sp³-hybridized carbons (Fsp3) is 0.438. The summed E-state index contributed by atoms with van der Waals surface area (Å²) in [5.74, 6) is 0.267. The van der Waals surface area contributed by atoms with Crippen LogP contribution in [0.3, 0.4) is 0 Å². The average Bonchev–Trinajstić information content (AvgIpc) is 3.04. The smallest absolute Gasteiger partial charge is 0.240 e. The molecule has 0 radical (unpaired) electrons. The molecule has 1 aromatic carbocycles. The first-order chi connectivity index (χ1) is 10.2. The maximum absolute atomic E-state index is 12.7. The third-order valence-corrected chi connectivity index (χ3v) is 4.34. The molecule has 108 valence electrons. The van der Waals surface area contributed by atoms with Crippen LogP contribution in [0, 0.1) is 16.7 Å². The number of rotatable bonds is 3. The number of anilines is 1. The quantitative estimate of drug-likeness (QED) is 0.799. The summed E-state index contributed by atoms with van der Waals surface area (Å²) < 4.78 is 5.23. The van der Waals surface area contributed by atoms with Crippen LogP contribution in [0.15, 0.2) is 24.3 Å². The Morgan fingerprint density at radius 3 is 2.76 bits per heavy atom. The monoisotopic (exact) mass is 284 g/mol. The van der Waals surface area contributed by atoms with Gasteiger partial charge in [-0.05, 0) is 25.0 Å². The van der Waals surface area contributed by atoms with Crippen molar-refractivity contribution in [3.8, 4) is 11.8 Å². The van der Waals surface area contributed by atoms with E-state index >= 15 is 0 Å². The van der Waals surface area contributed by atoms with Gasteiger partial charge in [-0.2, -0.15) is 5.26 Å². The van der Waals surface area contributed by atoms with E-state index in [-0.39, 0.29) is 18.4 Å². The lowest BCUT2D eigenvalue weighted by molar-refractivity contribution is -0.125. The highest BCUT2D eigenvalue weighted by molar-refractivity contribution is 6.22. The van der Waals surface area contributed by atoms with Crippen molar-refractivity contribution in [1.29, 1.82) is 5.26 Å². The summed E-state index contributed by atoms with van der Waals surface area (Å²) in [5, 5.41) is 8.54. The minimum Gasteiger partial charge on any atom is -0.479 e. The Morgan fingerprint density at radius 2 is 2.05 bits per heavy atom. The standard InChI is InChI=1S/C16H16N2O3/c17-8-9-21-13-5-3-4-12(10-13)18-14(19)11-16(15(18)20)6-1-2-7-16/h3-5,10H,1-2,6-7,9,11H2. The van der Waals surface area contributed by atoms with Crippen LogP contribution in [0.5, 0.6) is 5.75 Å². The Labute approximate surface area is 123 Å². The molecule has 3 rings (SSSR count). The van der Waals surface area contributed by atoms with Crippen molar-refractivity contribution in [2.75, 3.05) is 11.5 Å². The SMILES string of the molecule is N#CCOc1cccc(N2C(=O)CC3(CCCC3)C2=O)c1. The molecule has 0 aromatic heterocycles. The first-order valence-electron chi connectivity index (χ1n) is 7.13. The van der Waals surface area contributed by atoms with Crippen LogP contribution < -0.4 is 9.64 Å². The molecule has 2 fully saturated rings. The van der Waals surface area contributed by atoms with Crippen LogP contribution in [0.1, 0.15) is 32.1 Å². The first kappa shape index (κ1) is 13.6. The van der Waals surface area contributed by atoms with Crippen molar-refractivity contribution >= 4 is 17.5 Å². The van der Waals surface area contributed by atoms with Gasteiger partial charge < -0.3 is 4.74 Å². The molecule has 1 aliphatic heterocycles. The number of imide groups is 1. The van der Waals surface area contributed by atoms with Crippen molar-refractivity contribution in [3.05, 3.63) is 24.3 Å². The van der Waals surface area contributed by atoms with Crippen LogP contribution in [-0.2, 0) is 9.59 Å². The minimum atomic E-state index is -0.472. The van der Waals surface area contributed by atoms with Gasteiger partial charge in [-0.15, -0.1) is 0 Å². The fourth-order valence-electron chi connectivity index (χ4n) is 3.33. The summed E-state index contributed by atoms with van der Waals surface area (Å²) in [5.41, 5.74) is 0.0601. The van der Waals surface area contributed by atoms with E-state index in [9.17, 15) is 9.59 Å². The highest BCUT2D eigenvalue weighted by Gasteiger charge is 2.53. The number of hydrogen-bond acceptors (Lipinski definition) is 4. The van der Waals surface area contributed by atoms with Crippen LogP contribution in [-0.4, -0.2) is 18.4 Å². The van der Waals surface area contributed by atoms with Gasteiger partial charge in [0.1, 0.15) is 11.8 Å². The zero-order valence-electron chi connectivity index (χ0n) is 11.7. The van der Waals surface area contributed by atoms with Gasteiger partial charge >= 0.3 is 0 Å². The van der Waals surface area contributed by atoms with Crippen molar-refractivity contribution in [2.24, 2.45) is 5.41 Å². The zero-order chi connectivity index (χ0) is 14.9. The molecule has 0 bridgehead atoms. The second-order valence-corrected chi connectivity index (χ2v) is 5.64. The van der Waals surface area contributed by atoms with E-state index < -0.39 is 5.41 Å². The summed E-state index contributed by atoms with van der Waals surface area (Å²) in [4.78, 5) is 26.2. The van der Waals surface area contributed by atoms with E-state index in [1.165, 1.54) is 4.90 Å². The van der Waals surface area contributed by atoms with Gasteiger partial charge in [0.25, 0.3) is 0 Å². The number of ether oxygens (including phenoxy) is 1. The average molecular weight is 284 g/mol. The van der Waals surface area contributed by atoms with Gasteiger partial charge in [0, 0.05) is 12.5 Å². The molecule has 1 aromatic rings. The molecule has 1 aliphatic carbocycles. The van der Waals surface area contributed by atoms with E-state index in [2.05, 4.69) is 0 Å². The molecule has 21 heavy (non-hydrogen) atoms. The second-order valence-electron chi connectivity index (χ2n) is 5.64. The van der Waals surface area contributed by atoms with E-state index in [1.54, 1.807) is 24.3 Å². The fourth-order valence-corrected chi connectivity index (χ4v) is 3.33. The van der Waals surface area contributed by atoms with Gasteiger partial charge in [-0.25, -0.2) is 4.90 Å². The Morgan fingerprint density at radius 1 is 1.29 bits per heavy atom. The largest absolute Gasteiger partial charge is 0.479 e. The highest BCUT2D eigenvalue weighted by atomic mass is 16.5. The number of benzene rings is 1. The molecule has 1 saturated carbocycles. The van der Waals surface area contributed by atoms with E-state index in [1.807, 2.05) is 6.07 Å². The molecule has 5 nitrogen and oxygen atoms in total. The van der Waals surface area contributed by atoms with E-state index in [4.69, 9.17) is 10.00 Å². The molecule has 2 aliphatic rings. The first-order valence-corrected chi connectivity index (χ1v) is 7.13. The summed E-state index contributed by atoms with van der Waals surface area (Å²) in [6.07, 6.45) is 3.95. The van der Waals surface area contributed by atoms with Crippen molar-refractivity contribution in [3.63, 3.8) is 0 Å². The third-order valence-electron chi connectivity index (χ3n) is 4.34. The van der Waals surface area contributed by atoms with Gasteiger partial charge in [-0.1, -0.05) is 18.9 Å². The second kappa shape index (κ2) is 5.21. The molecule has 1 spiro atoms. The number of carbonyl (C=O) groups excluding carboxylic acids is 2. The molecule has 0 N–H and O–H groups in total. The topological polar surface area (TPSA) is 70.4 Å². The number of nitriles is 1. The van der Waals surface area contributed by atoms with Gasteiger partial charge in [0.2, 0.25) is 11.8 Å². The lowest BCUT2D eigenvalue weighted by atomic mass is 9.84. The zero-order valence-corrected chi connectivity index (χ0v) is 11.7. The molecular formula is C16H16N2O3. The van der Waals surface area contributed by atoms with Crippen molar-refractivity contribution < 1.29 is 14.3 Å². The molecule has 1 saturated heterocycles. The third kappa shape index (κ3) is 2.27. The molecular weight excluding hydrogens is 268 g/mol. The van der Waals surface area contributed by atoms with Gasteiger partial charge in [-0.3, -0.25) is 9.59 Å². The Balaban J connectivity index is 1.88. The summed E-state index contributed by atoms with van der Waals surface area (Å²) in [6, 6.07) is 8.69. The summed E-state index contributed by atoms with van der Waals surface area (Å²) >= 11 is 0. The minimum absolute atomic E-state index is 0.0602. The van der Waals surface area contributed by atoms with E-state index in [0.717, 1.165) is 25.7 Å². The van der Waals surface area contributed by atoms with E-state index in [0.29, 0.717) is 17.9 Å². The van der Waals surface area contributed by atoms with Crippen LogP contribution in [0.2, 0.25) is 0 Å².